The predicted octanol–water partition coefficient (Wildman–Crippen LogP) is 0.816. The molecule has 0 rings (SSSR count). The molecule has 0 fully saturated rings. The smallest absolute Gasteiger partial charge is 0.335 e. The predicted molar refractivity (Wildman–Crippen MR) is 144 cm³/mol. The Kier molecular flexibility index (Phi) is 17.5. The SMILES string of the molecule is CC(C/C=C/C=C/CC/C=C\C=C\CCC(C)(C)C)C(O)C(O)C(O)C(O)C(O)C(O)C(O)C(O)C(=O)O. The number of carboxylic acid groups (broad SMARTS) is 1. The second-order valence-corrected chi connectivity index (χ2v) is 10.8. The van der Waals surface area contributed by atoms with E-state index in [2.05, 4.69) is 39.0 Å². The van der Waals surface area contributed by atoms with Crippen LogP contribution in [0, 0.1) is 11.3 Å². The molecule has 0 aromatic carbocycles. The molecule has 0 aliphatic carbocycles. The lowest BCUT2D eigenvalue weighted by molar-refractivity contribution is -0.186. The van der Waals surface area contributed by atoms with Crippen LogP contribution in [0.3, 0.4) is 0 Å². The Hall–Kier alpha value is -1.89. The molecule has 220 valence electrons. The Morgan fingerprint density at radius 2 is 0.974 bits per heavy atom. The van der Waals surface area contributed by atoms with E-state index in [0.29, 0.717) is 11.8 Å². The molecule has 0 aromatic rings. The van der Waals surface area contributed by atoms with Gasteiger partial charge >= 0.3 is 5.97 Å². The molecule has 9 N–H and O–H groups in total. The van der Waals surface area contributed by atoms with E-state index in [9.17, 15) is 45.6 Å². The van der Waals surface area contributed by atoms with Gasteiger partial charge in [0.1, 0.15) is 36.6 Å². The molecule has 38 heavy (non-hydrogen) atoms. The van der Waals surface area contributed by atoms with Crippen molar-refractivity contribution in [2.75, 3.05) is 0 Å². The summed E-state index contributed by atoms with van der Waals surface area (Å²) in [6.07, 6.45) is 2.63. The van der Waals surface area contributed by atoms with Crippen molar-refractivity contribution in [3.05, 3.63) is 48.6 Å². The van der Waals surface area contributed by atoms with E-state index in [1.807, 2.05) is 18.2 Å². The molecule has 10 nitrogen and oxygen atoms in total. The molecule has 9 atom stereocenters. The third-order valence-corrected chi connectivity index (χ3v) is 6.09. The van der Waals surface area contributed by atoms with Crippen molar-refractivity contribution < 1.29 is 50.8 Å². The molecule has 9 unspecified atom stereocenters. The van der Waals surface area contributed by atoms with Gasteiger partial charge in [-0.15, -0.1) is 0 Å². The van der Waals surface area contributed by atoms with Crippen LogP contribution >= 0.6 is 0 Å². The van der Waals surface area contributed by atoms with E-state index in [-0.39, 0.29) is 0 Å². The number of hydrogen-bond donors (Lipinski definition) is 9. The lowest BCUT2D eigenvalue weighted by Gasteiger charge is -2.34. The lowest BCUT2D eigenvalue weighted by Crippen LogP contribution is -2.57. The van der Waals surface area contributed by atoms with Crippen LogP contribution in [0.5, 0.6) is 0 Å². The molecule has 0 amide bonds. The fourth-order valence-electron chi connectivity index (χ4n) is 3.42. The highest BCUT2D eigenvalue weighted by Gasteiger charge is 2.42. The zero-order valence-electron chi connectivity index (χ0n) is 22.8. The molecule has 0 bridgehead atoms. The fraction of sp³-hybridized carbons (Fsp3) is 0.679. The minimum Gasteiger partial charge on any atom is -0.479 e. The third-order valence-electron chi connectivity index (χ3n) is 6.09. The quantitative estimate of drug-likeness (QED) is 0.0879. The molecule has 0 radical (unpaired) electrons. The normalized spacial score (nSPS) is 20.5. The largest absolute Gasteiger partial charge is 0.479 e. The Morgan fingerprint density at radius 3 is 1.39 bits per heavy atom. The summed E-state index contributed by atoms with van der Waals surface area (Å²) < 4.78 is 0. The first-order valence-corrected chi connectivity index (χ1v) is 12.9. The van der Waals surface area contributed by atoms with Crippen molar-refractivity contribution in [3.8, 4) is 0 Å². The summed E-state index contributed by atoms with van der Waals surface area (Å²) in [6.45, 7) is 8.25. The molecular formula is C28H48O10. The fourth-order valence-corrected chi connectivity index (χ4v) is 3.42. The third kappa shape index (κ3) is 14.3. The summed E-state index contributed by atoms with van der Waals surface area (Å²) in [5.74, 6) is -2.44. The number of carboxylic acids is 1. The maximum Gasteiger partial charge on any atom is 0.335 e. The van der Waals surface area contributed by atoms with Gasteiger partial charge in [-0.25, -0.2) is 4.79 Å². The Balaban J connectivity index is 4.52. The van der Waals surface area contributed by atoms with Crippen molar-refractivity contribution in [3.63, 3.8) is 0 Å². The van der Waals surface area contributed by atoms with E-state index < -0.39 is 60.7 Å². The highest BCUT2D eigenvalue weighted by atomic mass is 16.4. The first-order valence-electron chi connectivity index (χ1n) is 12.9. The summed E-state index contributed by atoms with van der Waals surface area (Å²) in [4.78, 5) is 10.7. The minimum absolute atomic E-state index is 0.319. The number of carbonyl (C=O) groups is 1. The maximum atomic E-state index is 10.7. The molecule has 0 aliphatic rings. The number of aliphatic hydroxyl groups is 8. The van der Waals surface area contributed by atoms with Gasteiger partial charge in [0.2, 0.25) is 0 Å². The lowest BCUT2D eigenvalue weighted by atomic mass is 9.88. The van der Waals surface area contributed by atoms with Gasteiger partial charge in [0, 0.05) is 0 Å². The summed E-state index contributed by atoms with van der Waals surface area (Å²) >= 11 is 0. The van der Waals surface area contributed by atoms with Crippen LogP contribution in [-0.4, -0.2) is 101 Å². The topological polar surface area (TPSA) is 199 Å². The molecule has 0 saturated heterocycles. The molecule has 0 spiro atoms. The van der Waals surface area contributed by atoms with Crippen molar-refractivity contribution in [1.29, 1.82) is 0 Å². The Bertz CT molecular complexity index is 770. The van der Waals surface area contributed by atoms with E-state index in [1.165, 1.54) is 0 Å². The first-order chi connectivity index (χ1) is 17.6. The summed E-state index contributed by atoms with van der Waals surface area (Å²) in [7, 11) is 0. The van der Waals surface area contributed by atoms with E-state index in [0.717, 1.165) is 25.7 Å². The zero-order valence-corrected chi connectivity index (χ0v) is 22.8. The van der Waals surface area contributed by atoms with Crippen LogP contribution < -0.4 is 0 Å². The number of rotatable bonds is 18. The number of hydrogen-bond acceptors (Lipinski definition) is 9. The molecule has 0 heterocycles. The van der Waals surface area contributed by atoms with Crippen molar-refractivity contribution in [2.24, 2.45) is 11.3 Å². The minimum atomic E-state index is -2.46. The zero-order chi connectivity index (χ0) is 29.5. The number of allylic oxidation sites excluding steroid dienone is 8. The van der Waals surface area contributed by atoms with Gasteiger partial charge in [0.05, 0.1) is 6.10 Å². The molecule has 0 saturated carbocycles. The number of unbranched alkanes of at least 4 members (excludes halogenated alkanes) is 1. The van der Waals surface area contributed by atoms with Crippen molar-refractivity contribution in [1.82, 2.24) is 0 Å². The standard InChI is InChI=1S/C28H48O10/c1-18(16-14-12-10-8-6-5-7-9-11-13-15-17-28(2,3)4)19(29)20(30)21(31)22(32)23(33)24(34)25(35)26(36)27(37)38/h7-14,18-26,29-36H,5-6,15-17H2,1-4H3,(H,37,38)/b9-7-,10-8+,13-11+,14-12+. The van der Waals surface area contributed by atoms with Crippen LogP contribution in [-0.2, 0) is 4.79 Å². The summed E-state index contributed by atoms with van der Waals surface area (Å²) in [5, 5.41) is 87.9. The second kappa shape index (κ2) is 18.4. The van der Waals surface area contributed by atoms with Crippen LogP contribution in [0.1, 0.15) is 59.8 Å². The van der Waals surface area contributed by atoms with E-state index >= 15 is 0 Å². The highest BCUT2D eigenvalue weighted by molar-refractivity contribution is 5.72. The summed E-state index contributed by atoms with van der Waals surface area (Å²) in [6, 6.07) is 0. The van der Waals surface area contributed by atoms with Crippen LogP contribution in [0.2, 0.25) is 0 Å². The van der Waals surface area contributed by atoms with Gasteiger partial charge < -0.3 is 46.0 Å². The van der Waals surface area contributed by atoms with Crippen LogP contribution in [0.25, 0.3) is 0 Å². The van der Waals surface area contributed by atoms with Gasteiger partial charge in [-0.05, 0) is 43.4 Å². The van der Waals surface area contributed by atoms with Gasteiger partial charge in [0.15, 0.2) is 6.10 Å². The average molecular weight is 545 g/mol. The van der Waals surface area contributed by atoms with Crippen molar-refractivity contribution in [2.45, 2.75) is 109 Å². The number of aliphatic carboxylic acids is 1. The van der Waals surface area contributed by atoms with E-state index in [1.54, 1.807) is 19.1 Å². The second-order valence-electron chi connectivity index (χ2n) is 10.8. The van der Waals surface area contributed by atoms with Gasteiger partial charge in [-0.3, -0.25) is 0 Å². The molecular weight excluding hydrogens is 496 g/mol. The number of aliphatic hydroxyl groups excluding tert-OH is 8. The molecule has 0 aromatic heterocycles. The van der Waals surface area contributed by atoms with Crippen LogP contribution in [0.4, 0.5) is 0 Å². The first kappa shape index (κ1) is 36.1. The monoisotopic (exact) mass is 544 g/mol. The maximum absolute atomic E-state index is 10.7. The molecule has 10 heteroatoms. The Morgan fingerprint density at radius 1 is 0.605 bits per heavy atom. The van der Waals surface area contributed by atoms with E-state index in [4.69, 9.17) is 5.11 Å². The summed E-state index contributed by atoms with van der Waals surface area (Å²) in [5.41, 5.74) is 0.336. The van der Waals surface area contributed by atoms with Gasteiger partial charge in [-0.1, -0.05) is 76.3 Å². The highest BCUT2D eigenvalue weighted by Crippen LogP contribution is 2.21. The van der Waals surface area contributed by atoms with Crippen molar-refractivity contribution >= 4 is 5.97 Å². The van der Waals surface area contributed by atoms with Gasteiger partial charge in [-0.2, -0.15) is 0 Å². The van der Waals surface area contributed by atoms with Gasteiger partial charge in [0.25, 0.3) is 0 Å². The molecule has 0 aliphatic heterocycles. The average Bonchev–Trinajstić information content (AvgIpc) is 2.86. The Labute approximate surface area is 225 Å². The van der Waals surface area contributed by atoms with Crippen LogP contribution in [0.15, 0.2) is 48.6 Å².